The second kappa shape index (κ2) is 6.62. The Hall–Kier alpha value is -0.810. The zero-order valence-corrected chi connectivity index (χ0v) is 8.18. The van der Waals surface area contributed by atoms with Gasteiger partial charge >= 0.3 is 6.18 Å². The topological polar surface area (TPSA) is 32.7 Å². The Balaban J connectivity index is 3.57. The molecule has 0 aromatic rings. The molecule has 0 aliphatic carbocycles. The van der Waals surface area contributed by atoms with Crippen LogP contribution in [0.1, 0.15) is 32.6 Å². The van der Waals surface area contributed by atoms with Gasteiger partial charge in [-0.15, -0.1) is 4.91 Å². The van der Waals surface area contributed by atoms with Crippen LogP contribution in [-0.4, -0.2) is 24.3 Å². The van der Waals surface area contributed by atoms with Gasteiger partial charge in [0.2, 0.25) is 0 Å². The fraction of sp³-hybridized carbons (Fsp3) is 1.00. The highest BCUT2D eigenvalue weighted by Crippen LogP contribution is 2.21. The first-order valence-electron chi connectivity index (χ1n) is 4.64. The Morgan fingerprint density at radius 1 is 1.21 bits per heavy atom. The third-order valence-electron chi connectivity index (χ3n) is 1.76. The van der Waals surface area contributed by atoms with Crippen molar-refractivity contribution in [2.24, 2.45) is 5.29 Å². The summed E-state index contributed by atoms with van der Waals surface area (Å²) in [6.45, 7) is 2.47. The Morgan fingerprint density at radius 2 is 1.79 bits per heavy atom. The lowest BCUT2D eigenvalue weighted by atomic mass is 10.3. The molecule has 0 amide bonds. The lowest BCUT2D eigenvalue weighted by Gasteiger charge is -2.14. The monoisotopic (exact) mass is 212 g/mol. The fourth-order valence-corrected chi connectivity index (χ4v) is 0.996. The molecule has 0 radical (unpaired) electrons. The molecular formula is C8H15F3N2O. The van der Waals surface area contributed by atoms with Crippen LogP contribution in [0.25, 0.3) is 0 Å². The van der Waals surface area contributed by atoms with E-state index in [2.05, 4.69) is 5.29 Å². The molecule has 0 unspecified atom stereocenters. The predicted molar refractivity (Wildman–Crippen MR) is 47.6 cm³/mol. The molecule has 0 spiro atoms. The van der Waals surface area contributed by atoms with Gasteiger partial charge in [0.25, 0.3) is 0 Å². The van der Waals surface area contributed by atoms with Crippen molar-refractivity contribution in [2.75, 3.05) is 13.1 Å². The van der Waals surface area contributed by atoms with Gasteiger partial charge in [0, 0.05) is 19.5 Å². The Bertz CT molecular complexity index is 161. The van der Waals surface area contributed by atoms with Gasteiger partial charge < -0.3 is 0 Å². The number of nitrogens with zero attached hydrogens (tertiary/aromatic N) is 2. The quantitative estimate of drug-likeness (QED) is 0.479. The smallest absolute Gasteiger partial charge is 0.261 e. The van der Waals surface area contributed by atoms with Crippen molar-refractivity contribution in [3.8, 4) is 0 Å². The minimum Gasteiger partial charge on any atom is -0.261 e. The highest BCUT2D eigenvalue weighted by molar-refractivity contribution is 4.56. The second-order valence-electron chi connectivity index (χ2n) is 3.11. The minimum absolute atomic E-state index is 0.0705. The summed E-state index contributed by atoms with van der Waals surface area (Å²) in [6, 6.07) is 0. The van der Waals surface area contributed by atoms with Crippen molar-refractivity contribution in [3.63, 3.8) is 0 Å². The van der Waals surface area contributed by atoms with Crippen LogP contribution in [0.4, 0.5) is 13.2 Å². The number of halogens is 3. The van der Waals surface area contributed by atoms with Gasteiger partial charge in [-0.2, -0.15) is 13.2 Å². The molecule has 0 fully saturated rings. The van der Waals surface area contributed by atoms with E-state index in [1.165, 1.54) is 0 Å². The number of unbranched alkanes of at least 4 members (excludes halogenated alkanes) is 1. The standard InChI is InChI=1S/C8H15F3N2O/c1-2-3-6-13(12-14)7-4-5-8(9,10)11/h2-7H2,1H3. The first-order chi connectivity index (χ1) is 6.49. The molecule has 0 rings (SSSR count). The van der Waals surface area contributed by atoms with E-state index in [-0.39, 0.29) is 13.0 Å². The maximum atomic E-state index is 11.7. The van der Waals surface area contributed by atoms with Gasteiger partial charge in [0.15, 0.2) is 0 Å². The highest BCUT2D eigenvalue weighted by atomic mass is 19.4. The van der Waals surface area contributed by atoms with Crippen molar-refractivity contribution in [2.45, 2.75) is 38.8 Å². The molecule has 3 nitrogen and oxygen atoms in total. The molecule has 84 valence electrons. The zero-order valence-electron chi connectivity index (χ0n) is 8.18. The lowest BCUT2D eigenvalue weighted by molar-refractivity contribution is -0.136. The Labute approximate surface area is 81.2 Å². The summed E-state index contributed by atoms with van der Waals surface area (Å²) in [5.41, 5.74) is 0. The summed E-state index contributed by atoms with van der Waals surface area (Å²) >= 11 is 0. The van der Waals surface area contributed by atoms with E-state index in [4.69, 9.17) is 0 Å². The van der Waals surface area contributed by atoms with Gasteiger partial charge in [0.1, 0.15) is 0 Å². The molecule has 6 heteroatoms. The molecule has 0 saturated carbocycles. The van der Waals surface area contributed by atoms with Crippen LogP contribution in [0.3, 0.4) is 0 Å². The van der Waals surface area contributed by atoms with Crippen LogP contribution in [0.2, 0.25) is 0 Å². The van der Waals surface area contributed by atoms with Crippen molar-refractivity contribution in [1.29, 1.82) is 0 Å². The SMILES string of the molecule is CCCCN(CCCC(F)(F)F)N=O. The van der Waals surface area contributed by atoms with Crippen LogP contribution >= 0.6 is 0 Å². The number of nitroso groups, excluding NO2 is 1. The van der Waals surface area contributed by atoms with Crippen LogP contribution < -0.4 is 0 Å². The molecule has 14 heavy (non-hydrogen) atoms. The van der Waals surface area contributed by atoms with Gasteiger partial charge in [0.05, 0.1) is 5.29 Å². The highest BCUT2D eigenvalue weighted by Gasteiger charge is 2.26. The third-order valence-corrected chi connectivity index (χ3v) is 1.76. The van der Waals surface area contributed by atoms with Crippen LogP contribution in [0.15, 0.2) is 5.29 Å². The zero-order chi connectivity index (χ0) is 11.0. The third kappa shape index (κ3) is 7.82. The largest absolute Gasteiger partial charge is 0.389 e. The van der Waals surface area contributed by atoms with Crippen molar-refractivity contribution >= 4 is 0 Å². The van der Waals surface area contributed by atoms with Gasteiger partial charge in [-0.1, -0.05) is 13.3 Å². The van der Waals surface area contributed by atoms with Crippen molar-refractivity contribution < 1.29 is 13.2 Å². The summed E-state index contributed by atoms with van der Waals surface area (Å²) in [7, 11) is 0. The van der Waals surface area contributed by atoms with Crippen LogP contribution in [-0.2, 0) is 0 Å². The van der Waals surface area contributed by atoms with Gasteiger partial charge in [-0.25, -0.2) is 0 Å². The summed E-state index contributed by atoms with van der Waals surface area (Å²) in [5, 5.41) is 3.81. The van der Waals surface area contributed by atoms with E-state index < -0.39 is 12.6 Å². The van der Waals surface area contributed by atoms with Gasteiger partial charge in [-0.3, -0.25) is 5.01 Å². The maximum absolute atomic E-state index is 11.7. The molecular weight excluding hydrogens is 197 g/mol. The number of rotatable bonds is 7. The fourth-order valence-electron chi connectivity index (χ4n) is 0.996. The summed E-state index contributed by atoms with van der Waals surface area (Å²) in [6.07, 6.45) is -3.40. The molecule has 0 heterocycles. The number of hydrogen-bond donors (Lipinski definition) is 0. The maximum Gasteiger partial charge on any atom is 0.389 e. The van der Waals surface area contributed by atoms with E-state index in [0.717, 1.165) is 17.9 Å². The molecule has 0 aromatic heterocycles. The lowest BCUT2D eigenvalue weighted by Crippen LogP contribution is -2.21. The molecule has 0 aliphatic rings. The molecule has 0 aliphatic heterocycles. The van der Waals surface area contributed by atoms with Crippen molar-refractivity contribution in [1.82, 2.24) is 5.01 Å². The normalized spacial score (nSPS) is 11.4. The second-order valence-corrected chi connectivity index (χ2v) is 3.11. The van der Waals surface area contributed by atoms with E-state index in [1.54, 1.807) is 0 Å². The number of hydrogen-bond acceptors (Lipinski definition) is 2. The predicted octanol–water partition coefficient (Wildman–Crippen LogP) is 3.11. The van der Waals surface area contributed by atoms with Crippen LogP contribution in [0.5, 0.6) is 0 Å². The molecule has 0 aromatic carbocycles. The van der Waals surface area contributed by atoms with E-state index in [1.807, 2.05) is 6.92 Å². The van der Waals surface area contributed by atoms with Crippen LogP contribution in [0, 0.1) is 4.91 Å². The molecule has 0 bridgehead atoms. The Kier molecular flexibility index (Phi) is 6.23. The first-order valence-corrected chi connectivity index (χ1v) is 4.64. The summed E-state index contributed by atoms with van der Waals surface area (Å²) in [4.78, 5) is 10.2. The molecule has 0 atom stereocenters. The molecule has 0 saturated heterocycles. The van der Waals surface area contributed by atoms with E-state index in [0.29, 0.717) is 6.54 Å². The summed E-state index contributed by atoms with van der Waals surface area (Å²) < 4.78 is 35.2. The molecule has 0 N–H and O–H groups in total. The summed E-state index contributed by atoms with van der Waals surface area (Å²) in [5.74, 6) is 0. The average molecular weight is 212 g/mol. The van der Waals surface area contributed by atoms with Crippen molar-refractivity contribution in [3.05, 3.63) is 4.91 Å². The number of alkyl halides is 3. The average Bonchev–Trinajstić information content (AvgIpc) is 2.09. The first kappa shape index (κ1) is 13.2. The Morgan fingerprint density at radius 3 is 2.21 bits per heavy atom. The van der Waals surface area contributed by atoms with Gasteiger partial charge in [-0.05, 0) is 12.8 Å². The van der Waals surface area contributed by atoms with E-state index >= 15 is 0 Å². The van der Waals surface area contributed by atoms with E-state index in [9.17, 15) is 18.1 Å². The minimum atomic E-state index is -4.14.